The fourth-order valence-corrected chi connectivity index (χ4v) is 4.66. The monoisotopic (exact) mass is 385 g/mol. The predicted octanol–water partition coefficient (Wildman–Crippen LogP) is 3.45. The van der Waals surface area contributed by atoms with E-state index in [9.17, 15) is 13.2 Å². The summed E-state index contributed by atoms with van der Waals surface area (Å²) < 4.78 is 32.5. The molecule has 1 aliphatic rings. The van der Waals surface area contributed by atoms with Crippen molar-refractivity contribution >= 4 is 15.8 Å². The Hall–Kier alpha value is -2.44. The number of benzene rings is 2. The number of ether oxygens (including phenoxy) is 1. The first kappa shape index (κ1) is 19.3. The number of nitrogens with zero attached hydrogens (tertiary/aromatic N) is 1. The van der Waals surface area contributed by atoms with Gasteiger partial charge in [0.25, 0.3) is 0 Å². The molecule has 3 rings (SSSR count). The number of methoxy groups -OCH3 is 1. The maximum atomic E-state index is 13.0. The topological polar surface area (TPSA) is 63.7 Å². The molecule has 2 aromatic rings. The van der Waals surface area contributed by atoms with Gasteiger partial charge in [0.2, 0.25) is 10.0 Å². The lowest BCUT2D eigenvalue weighted by atomic mass is 9.96. The highest BCUT2D eigenvalue weighted by atomic mass is 32.2. The van der Waals surface area contributed by atoms with Crippen LogP contribution in [-0.4, -0.2) is 38.7 Å². The van der Waals surface area contributed by atoms with Crippen LogP contribution >= 0.6 is 0 Å². The fourth-order valence-electron chi connectivity index (χ4n) is 3.14. The van der Waals surface area contributed by atoms with Crippen LogP contribution < -0.4 is 4.74 Å². The molecule has 0 aromatic heterocycles. The number of hydrogen-bond acceptors (Lipinski definition) is 4. The minimum atomic E-state index is -3.65. The predicted molar refractivity (Wildman–Crippen MR) is 105 cm³/mol. The second kappa shape index (κ2) is 7.66. The smallest absolute Gasteiger partial charge is 0.243 e. The van der Waals surface area contributed by atoms with E-state index in [0.29, 0.717) is 23.4 Å². The third-order valence-corrected chi connectivity index (χ3v) is 6.45. The minimum Gasteiger partial charge on any atom is -0.497 e. The van der Waals surface area contributed by atoms with E-state index in [1.165, 1.54) is 4.31 Å². The maximum absolute atomic E-state index is 13.0. The highest BCUT2D eigenvalue weighted by Crippen LogP contribution is 2.25. The number of hydrogen-bond donors (Lipinski definition) is 0. The van der Waals surface area contributed by atoms with Crippen molar-refractivity contribution in [3.63, 3.8) is 0 Å². The van der Waals surface area contributed by atoms with E-state index in [2.05, 4.69) is 0 Å². The van der Waals surface area contributed by atoms with Gasteiger partial charge in [0.05, 0.1) is 12.0 Å². The molecule has 1 heterocycles. The summed E-state index contributed by atoms with van der Waals surface area (Å²) in [6, 6.07) is 13.6. The third kappa shape index (κ3) is 4.12. The molecule has 0 fully saturated rings. The van der Waals surface area contributed by atoms with Gasteiger partial charge in [0.15, 0.2) is 5.78 Å². The highest BCUT2D eigenvalue weighted by molar-refractivity contribution is 7.89. The number of ketones is 1. The summed E-state index contributed by atoms with van der Waals surface area (Å²) in [5, 5.41) is 0. The number of carbonyl (C=O) groups excluding carboxylic acids is 1. The molecular formula is C21H23NO4S. The average molecular weight is 385 g/mol. The van der Waals surface area contributed by atoms with Crippen molar-refractivity contribution in [3.05, 3.63) is 71.3 Å². The first-order valence-corrected chi connectivity index (χ1v) is 10.2. The van der Waals surface area contributed by atoms with Crippen LogP contribution in [0.2, 0.25) is 0 Å². The Balaban J connectivity index is 1.86. The molecule has 1 atom stereocenters. The van der Waals surface area contributed by atoms with Crippen molar-refractivity contribution in [3.8, 4) is 5.75 Å². The number of carbonyl (C=O) groups is 1. The van der Waals surface area contributed by atoms with Gasteiger partial charge >= 0.3 is 0 Å². The van der Waals surface area contributed by atoms with Gasteiger partial charge in [0, 0.05) is 24.2 Å². The highest BCUT2D eigenvalue weighted by Gasteiger charge is 2.31. The van der Waals surface area contributed by atoms with Crippen molar-refractivity contribution in [1.82, 2.24) is 4.31 Å². The normalized spacial score (nSPS) is 18.0. The van der Waals surface area contributed by atoms with Gasteiger partial charge in [-0.05, 0) is 49.2 Å². The SMILES string of the molecule is COc1ccc(C(=O)C2=CC(C)CN(S(=O)(=O)c3ccc(C)cc3)C2)cc1. The molecule has 0 spiro atoms. The molecule has 2 aromatic carbocycles. The summed E-state index contributed by atoms with van der Waals surface area (Å²) in [6.45, 7) is 4.26. The van der Waals surface area contributed by atoms with Crippen molar-refractivity contribution in [1.29, 1.82) is 0 Å². The Morgan fingerprint density at radius 2 is 1.70 bits per heavy atom. The van der Waals surface area contributed by atoms with Crippen LogP contribution in [0, 0.1) is 12.8 Å². The summed E-state index contributed by atoms with van der Waals surface area (Å²) >= 11 is 0. The molecule has 6 heteroatoms. The third-order valence-electron chi connectivity index (χ3n) is 4.63. The van der Waals surface area contributed by atoms with E-state index < -0.39 is 10.0 Å². The number of Topliss-reactive ketones (excluding diaryl/α,β-unsaturated/α-hetero) is 1. The van der Waals surface area contributed by atoms with E-state index in [-0.39, 0.29) is 23.1 Å². The number of rotatable bonds is 5. The van der Waals surface area contributed by atoms with E-state index in [1.54, 1.807) is 55.6 Å². The molecule has 27 heavy (non-hydrogen) atoms. The van der Waals surface area contributed by atoms with Crippen LogP contribution in [0.15, 0.2) is 65.1 Å². The van der Waals surface area contributed by atoms with Crippen LogP contribution in [0.5, 0.6) is 5.75 Å². The molecule has 0 aliphatic carbocycles. The van der Waals surface area contributed by atoms with Crippen molar-refractivity contribution in [2.45, 2.75) is 18.7 Å². The number of sulfonamides is 1. The van der Waals surface area contributed by atoms with E-state index in [4.69, 9.17) is 4.74 Å². The summed E-state index contributed by atoms with van der Waals surface area (Å²) in [7, 11) is -2.09. The second-order valence-electron chi connectivity index (χ2n) is 6.84. The maximum Gasteiger partial charge on any atom is 0.243 e. The molecular weight excluding hydrogens is 362 g/mol. The summed E-state index contributed by atoms with van der Waals surface area (Å²) in [6.07, 6.45) is 1.87. The largest absolute Gasteiger partial charge is 0.497 e. The van der Waals surface area contributed by atoms with E-state index in [1.807, 2.05) is 19.9 Å². The molecule has 0 saturated carbocycles. The van der Waals surface area contributed by atoms with Gasteiger partial charge in [-0.15, -0.1) is 0 Å². The lowest BCUT2D eigenvalue weighted by Gasteiger charge is -2.29. The quantitative estimate of drug-likeness (QED) is 0.740. The second-order valence-corrected chi connectivity index (χ2v) is 8.78. The van der Waals surface area contributed by atoms with Crippen LogP contribution in [0.25, 0.3) is 0 Å². The standard InChI is InChI=1S/C21H23NO4S/c1-15-4-10-20(11-5-15)27(24,25)22-13-16(2)12-18(14-22)21(23)17-6-8-19(26-3)9-7-17/h4-12,16H,13-14H2,1-3H3. The molecule has 0 N–H and O–H groups in total. The van der Waals surface area contributed by atoms with Crippen molar-refractivity contribution in [2.24, 2.45) is 5.92 Å². The Labute approximate surface area is 160 Å². The molecule has 0 amide bonds. The molecule has 0 saturated heterocycles. The van der Waals surface area contributed by atoms with Gasteiger partial charge < -0.3 is 4.74 Å². The lowest BCUT2D eigenvalue weighted by molar-refractivity contribution is 0.102. The molecule has 142 valence electrons. The lowest BCUT2D eigenvalue weighted by Crippen LogP contribution is -2.40. The molecule has 1 aliphatic heterocycles. The van der Waals surface area contributed by atoms with Gasteiger partial charge in [-0.25, -0.2) is 8.42 Å². The average Bonchev–Trinajstić information content (AvgIpc) is 2.67. The van der Waals surface area contributed by atoms with Crippen LogP contribution in [0.4, 0.5) is 0 Å². The first-order chi connectivity index (χ1) is 12.8. The van der Waals surface area contributed by atoms with Crippen LogP contribution in [0.1, 0.15) is 22.8 Å². The Kier molecular flexibility index (Phi) is 5.48. The van der Waals surface area contributed by atoms with Gasteiger partial charge in [-0.3, -0.25) is 4.79 Å². The first-order valence-electron chi connectivity index (χ1n) is 8.77. The molecule has 0 radical (unpaired) electrons. The molecule has 1 unspecified atom stereocenters. The fraction of sp³-hybridized carbons (Fsp3) is 0.286. The van der Waals surface area contributed by atoms with Crippen LogP contribution in [-0.2, 0) is 10.0 Å². The van der Waals surface area contributed by atoms with Gasteiger partial charge in [0.1, 0.15) is 5.75 Å². The van der Waals surface area contributed by atoms with E-state index in [0.717, 1.165) is 5.56 Å². The molecule has 0 bridgehead atoms. The van der Waals surface area contributed by atoms with Crippen molar-refractivity contribution in [2.75, 3.05) is 20.2 Å². The molecule has 5 nitrogen and oxygen atoms in total. The zero-order chi connectivity index (χ0) is 19.6. The Morgan fingerprint density at radius 3 is 2.30 bits per heavy atom. The zero-order valence-electron chi connectivity index (χ0n) is 15.7. The summed E-state index contributed by atoms with van der Waals surface area (Å²) in [5.41, 5.74) is 2.01. The van der Waals surface area contributed by atoms with E-state index >= 15 is 0 Å². The van der Waals surface area contributed by atoms with Crippen molar-refractivity contribution < 1.29 is 17.9 Å². The summed E-state index contributed by atoms with van der Waals surface area (Å²) in [5.74, 6) is 0.464. The minimum absolute atomic E-state index is 0.0452. The van der Waals surface area contributed by atoms with Crippen LogP contribution in [0.3, 0.4) is 0 Å². The van der Waals surface area contributed by atoms with Gasteiger partial charge in [-0.1, -0.05) is 30.7 Å². The Morgan fingerprint density at radius 1 is 1.07 bits per heavy atom. The Bertz CT molecular complexity index is 960. The summed E-state index contributed by atoms with van der Waals surface area (Å²) in [4.78, 5) is 13.1. The zero-order valence-corrected chi connectivity index (χ0v) is 16.5. The van der Waals surface area contributed by atoms with Gasteiger partial charge in [-0.2, -0.15) is 4.31 Å². The number of aryl methyl sites for hydroxylation is 1.